The maximum Gasteiger partial charge on any atom is 0.333 e. The van der Waals surface area contributed by atoms with E-state index in [0.717, 1.165) is 42.1 Å². The Labute approximate surface area is 209 Å². The van der Waals surface area contributed by atoms with Gasteiger partial charge < -0.3 is 10.4 Å². The first-order valence-corrected chi connectivity index (χ1v) is 12.1. The van der Waals surface area contributed by atoms with Gasteiger partial charge in [-0.3, -0.25) is 18.7 Å². The number of halogens is 1. The molecule has 0 aliphatic carbocycles. The predicted octanol–water partition coefficient (Wildman–Crippen LogP) is 3.93. The highest BCUT2D eigenvalue weighted by Crippen LogP contribution is 2.27. The zero-order valence-electron chi connectivity index (χ0n) is 19.5. The van der Waals surface area contributed by atoms with Gasteiger partial charge in [0.25, 0.3) is 5.56 Å². The monoisotopic (exact) mass is 544 g/mol. The van der Waals surface area contributed by atoms with Crippen molar-refractivity contribution in [1.82, 2.24) is 9.13 Å². The van der Waals surface area contributed by atoms with Crippen molar-refractivity contribution < 1.29 is 9.90 Å². The normalized spacial score (nSPS) is 11.5. The van der Waals surface area contributed by atoms with Crippen LogP contribution in [0.2, 0.25) is 0 Å². The van der Waals surface area contributed by atoms with Crippen LogP contribution in [0.15, 0.2) is 55.5 Å². The smallest absolute Gasteiger partial charge is 0.333 e. The van der Waals surface area contributed by atoms with Crippen LogP contribution in [0, 0.1) is 20.8 Å². The lowest BCUT2D eigenvalue weighted by Crippen LogP contribution is -2.39. The molecule has 0 bridgehead atoms. The Morgan fingerprint density at radius 2 is 1.74 bits per heavy atom. The molecule has 1 heterocycles. The maximum atomic E-state index is 12.9. The number of carbonyl (C=O) groups is 1. The fourth-order valence-corrected chi connectivity index (χ4v) is 4.93. The Morgan fingerprint density at radius 3 is 2.35 bits per heavy atom. The van der Waals surface area contributed by atoms with Crippen molar-refractivity contribution >= 4 is 50.0 Å². The molecule has 178 valence electrons. The molecule has 0 unspecified atom stereocenters. The summed E-state index contributed by atoms with van der Waals surface area (Å²) in [6, 6.07) is 11.1. The van der Waals surface area contributed by atoms with Crippen LogP contribution in [0.5, 0.6) is 5.88 Å². The number of rotatable bonds is 5. The van der Waals surface area contributed by atoms with E-state index in [-0.39, 0.29) is 22.3 Å². The molecule has 0 aliphatic heterocycles. The number of aromatic hydroxyl groups is 1. The number of amides is 1. The zero-order chi connectivity index (χ0) is 25.2. The summed E-state index contributed by atoms with van der Waals surface area (Å²) in [6.07, 6.45) is 0. The summed E-state index contributed by atoms with van der Waals surface area (Å²) >= 11 is 4.45. The summed E-state index contributed by atoms with van der Waals surface area (Å²) in [7, 11) is 2.69. The van der Waals surface area contributed by atoms with Crippen LogP contribution < -0.4 is 16.6 Å². The number of anilines is 1. The summed E-state index contributed by atoms with van der Waals surface area (Å²) in [5.41, 5.74) is 2.54. The van der Waals surface area contributed by atoms with E-state index in [1.807, 2.05) is 51.1 Å². The van der Waals surface area contributed by atoms with Crippen LogP contribution in [0.1, 0.15) is 22.3 Å². The Balaban J connectivity index is 2.00. The fourth-order valence-electron chi connectivity index (χ4n) is 3.41. The van der Waals surface area contributed by atoms with Crippen molar-refractivity contribution in [3.05, 3.63) is 84.0 Å². The lowest BCUT2D eigenvalue weighted by molar-refractivity contribution is -0.113. The number of aryl methyl sites for hydroxylation is 3. The predicted molar refractivity (Wildman–Crippen MR) is 141 cm³/mol. The number of hydrogen-bond acceptors (Lipinski definition) is 6. The lowest BCUT2D eigenvalue weighted by Gasteiger charge is -2.14. The molecule has 3 rings (SSSR count). The number of nitrogens with zero attached hydrogens (tertiary/aromatic N) is 3. The third-order valence-electron chi connectivity index (χ3n) is 5.18. The molecule has 0 radical (unpaired) electrons. The minimum absolute atomic E-state index is 0.0645. The van der Waals surface area contributed by atoms with Crippen molar-refractivity contribution in [3.63, 3.8) is 0 Å². The van der Waals surface area contributed by atoms with Gasteiger partial charge in [0.15, 0.2) is 0 Å². The second-order valence-electron chi connectivity index (χ2n) is 7.91. The van der Waals surface area contributed by atoms with Gasteiger partial charge in [0.2, 0.25) is 11.8 Å². The van der Waals surface area contributed by atoms with E-state index in [4.69, 9.17) is 0 Å². The van der Waals surface area contributed by atoms with E-state index in [9.17, 15) is 19.5 Å². The molecule has 34 heavy (non-hydrogen) atoms. The van der Waals surface area contributed by atoms with E-state index in [1.165, 1.54) is 14.1 Å². The van der Waals surface area contributed by atoms with E-state index in [1.54, 1.807) is 6.07 Å². The number of carbonyl (C=O) groups excluding carboxylic acids is 1. The lowest BCUT2D eigenvalue weighted by atomic mass is 10.1. The van der Waals surface area contributed by atoms with Crippen molar-refractivity contribution in [1.29, 1.82) is 0 Å². The zero-order valence-corrected chi connectivity index (χ0v) is 21.9. The number of aliphatic imine (C=N–C) groups is 1. The Morgan fingerprint density at radius 1 is 1.09 bits per heavy atom. The molecule has 0 saturated carbocycles. The number of hydrogen-bond donors (Lipinski definition) is 2. The Kier molecular flexibility index (Phi) is 7.83. The van der Waals surface area contributed by atoms with Crippen molar-refractivity contribution in [3.8, 4) is 5.88 Å². The average molecular weight is 545 g/mol. The van der Waals surface area contributed by atoms with E-state index in [0.29, 0.717) is 11.4 Å². The number of thioether (sulfide) groups is 1. The molecular formula is C24H25BrN4O4S. The SMILES string of the molecule is Cc1cccc(N=C(SCC(=O)Nc2c(C)cc(Br)cc2C)c2c(O)n(C)c(=O)n(C)c2=O)c1. The first-order valence-electron chi connectivity index (χ1n) is 10.3. The first kappa shape index (κ1) is 25.5. The summed E-state index contributed by atoms with van der Waals surface area (Å²) in [5.74, 6) is -0.867. The van der Waals surface area contributed by atoms with Crippen LogP contribution in [-0.4, -0.2) is 30.9 Å². The number of aromatic nitrogens is 2. The highest BCUT2D eigenvalue weighted by Gasteiger charge is 2.22. The molecule has 0 spiro atoms. The van der Waals surface area contributed by atoms with Gasteiger partial charge in [0, 0.05) is 24.3 Å². The van der Waals surface area contributed by atoms with E-state index >= 15 is 0 Å². The van der Waals surface area contributed by atoms with Crippen LogP contribution in [-0.2, 0) is 18.9 Å². The average Bonchev–Trinajstić information content (AvgIpc) is 2.77. The summed E-state index contributed by atoms with van der Waals surface area (Å²) in [4.78, 5) is 42.5. The van der Waals surface area contributed by atoms with Gasteiger partial charge in [-0.25, -0.2) is 9.79 Å². The molecule has 1 amide bonds. The molecule has 1 aromatic heterocycles. The second kappa shape index (κ2) is 10.4. The van der Waals surface area contributed by atoms with Gasteiger partial charge in [-0.05, 0) is 61.7 Å². The molecule has 0 saturated heterocycles. The van der Waals surface area contributed by atoms with E-state index < -0.39 is 17.1 Å². The first-order chi connectivity index (χ1) is 16.0. The van der Waals surface area contributed by atoms with E-state index in [2.05, 4.69) is 26.2 Å². The quantitative estimate of drug-likeness (QED) is 0.374. The molecule has 0 fully saturated rings. The van der Waals surface area contributed by atoms with Gasteiger partial charge in [-0.15, -0.1) is 0 Å². The van der Waals surface area contributed by atoms with Gasteiger partial charge in [0.1, 0.15) is 10.6 Å². The molecule has 3 aromatic rings. The highest BCUT2D eigenvalue weighted by atomic mass is 79.9. The molecule has 0 aliphatic rings. The van der Waals surface area contributed by atoms with Gasteiger partial charge in [0.05, 0.1) is 11.4 Å². The molecular weight excluding hydrogens is 520 g/mol. The molecule has 0 atom stereocenters. The number of benzene rings is 2. The molecule has 8 nitrogen and oxygen atoms in total. The van der Waals surface area contributed by atoms with Gasteiger partial charge >= 0.3 is 5.69 Å². The maximum absolute atomic E-state index is 12.9. The highest BCUT2D eigenvalue weighted by molar-refractivity contribution is 9.10. The largest absolute Gasteiger partial charge is 0.494 e. The minimum atomic E-state index is -0.695. The topological polar surface area (TPSA) is 106 Å². The Hall–Kier alpha value is -3.11. The minimum Gasteiger partial charge on any atom is -0.494 e. The van der Waals surface area contributed by atoms with Crippen LogP contribution in [0.25, 0.3) is 0 Å². The third-order valence-corrected chi connectivity index (χ3v) is 6.61. The standard InChI is InChI=1S/C24H25BrN4O4S/c1-13-7-6-8-17(9-13)26-21(19-22(31)28(4)24(33)29(5)23(19)32)34-12-18(30)27-20-14(2)10-16(25)11-15(20)3/h6-11,31H,12H2,1-5H3,(H,27,30). The van der Waals surface area contributed by atoms with Crippen LogP contribution in [0.4, 0.5) is 11.4 Å². The summed E-state index contributed by atoms with van der Waals surface area (Å²) in [6.45, 7) is 5.71. The molecule has 2 aromatic carbocycles. The number of nitrogens with one attached hydrogen (secondary N) is 1. The van der Waals surface area contributed by atoms with Crippen LogP contribution >= 0.6 is 27.7 Å². The summed E-state index contributed by atoms with van der Waals surface area (Å²) < 4.78 is 2.79. The second-order valence-corrected chi connectivity index (χ2v) is 9.79. The van der Waals surface area contributed by atoms with Gasteiger partial charge in [-0.1, -0.05) is 39.8 Å². The molecule has 2 N–H and O–H groups in total. The Bertz CT molecular complexity index is 1400. The van der Waals surface area contributed by atoms with Gasteiger partial charge in [-0.2, -0.15) is 0 Å². The van der Waals surface area contributed by atoms with Crippen molar-refractivity contribution in [2.24, 2.45) is 19.1 Å². The molecule has 10 heteroatoms. The third kappa shape index (κ3) is 5.51. The summed E-state index contributed by atoms with van der Waals surface area (Å²) in [5, 5.41) is 13.7. The van der Waals surface area contributed by atoms with Crippen LogP contribution in [0.3, 0.4) is 0 Å². The van der Waals surface area contributed by atoms with Crippen molar-refractivity contribution in [2.45, 2.75) is 20.8 Å². The fraction of sp³-hybridized carbons (Fsp3) is 0.250. The van der Waals surface area contributed by atoms with Crippen molar-refractivity contribution in [2.75, 3.05) is 11.1 Å².